The number of nitrogens with one attached hydrogen (secondary N) is 1. The number of carbonyl (C=O) groups is 1. The number of nitrogens with zero attached hydrogens (tertiary/aromatic N) is 3. The Hall–Kier alpha value is -2.68. The molecule has 2 rings (SSSR count). The van der Waals surface area contributed by atoms with Gasteiger partial charge in [0.25, 0.3) is 5.91 Å². The summed E-state index contributed by atoms with van der Waals surface area (Å²) in [5.41, 5.74) is 1.06. The van der Waals surface area contributed by atoms with Crippen molar-refractivity contribution >= 4 is 11.7 Å². The van der Waals surface area contributed by atoms with E-state index in [0.29, 0.717) is 12.4 Å². The molecule has 2 aromatic rings. The number of aryl methyl sites for hydroxylation is 2. The Morgan fingerprint density at radius 1 is 1.45 bits per heavy atom. The van der Waals surface area contributed by atoms with Crippen molar-refractivity contribution < 1.29 is 9.18 Å². The smallest absolute Gasteiger partial charge is 0.256 e. The number of nitriles is 1. The van der Waals surface area contributed by atoms with E-state index in [2.05, 4.69) is 17.3 Å². The predicted octanol–water partition coefficient (Wildman–Crippen LogP) is 3.25. The fourth-order valence-corrected chi connectivity index (χ4v) is 2.08. The Morgan fingerprint density at radius 2 is 2.23 bits per heavy atom. The van der Waals surface area contributed by atoms with Crippen LogP contribution in [0, 0.1) is 24.1 Å². The van der Waals surface area contributed by atoms with Gasteiger partial charge in [0, 0.05) is 17.7 Å². The van der Waals surface area contributed by atoms with Gasteiger partial charge in [0.15, 0.2) is 0 Å². The molecule has 1 amide bonds. The second kappa shape index (κ2) is 6.85. The minimum absolute atomic E-state index is 0.110. The highest BCUT2D eigenvalue weighted by molar-refractivity contribution is 6.04. The van der Waals surface area contributed by atoms with Crippen molar-refractivity contribution in [3.63, 3.8) is 0 Å². The Labute approximate surface area is 128 Å². The predicted molar refractivity (Wildman–Crippen MR) is 80.9 cm³/mol. The number of halogens is 1. The molecule has 0 saturated heterocycles. The van der Waals surface area contributed by atoms with Crippen molar-refractivity contribution in [2.75, 3.05) is 5.32 Å². The average molecular weight is 300 g/mol. The zero-order valence-corrected chi connectivity index (χ0v) is 12.6. The molecule has 0 saturated carbocycles. The topological polar surface area (TPSA) is 70.7 Å². The van der Waals surface area contributed by atoms with Gasteiger partial charge in [-0.15, -0.1) is 0 Å². The summed E-state index contributed by atoms with van der Waals surface area (Å²) >= 11 is 0. The van der Waals surface area contributed by atoms with Crippen LogP contribution >= 0.6 is 0 Å². The third-order valence-corrected chi connectivity index (χ3v) is 3.27. The van der Waals surface area contributed by atoms with Gasteiger partial charge >= 0.3 is 0 Å². The van der Waals surface area contributed by atoms with Crippen LogP contribution in [0.4, 0.5) is 10.2 Å². The lowest BCUT2D eigenvalue weighted by Gasteiger charge is -2.10. The van der Waals surface area contributed by atoms with Crippen LogP contribution in [0.1, 0.15) is 41.3 Å². The molecule has 1 aromatic heterocycles. The highest BCUT2D eigenvalue weighted by Gasteiger charge is 2.14. The molecule has 0 radical (unpaired) electrons. The number of benzene rings is 1. The molecule has 0 unspecified atom stereocenters. The maximum absolute atomic E-state index is 13.4. The number of rotatable bonds is 5. The van der Waals surface area contributed by atoms with E-state index in [-0.39, 0.29) is 11.1 Å². The van der Waals surface area contributed by atoms with E-state index in [1.807, 2.05) is 13.0 Å². The fraction of sp³-hybridized carbons (Fsp3) is 0.312. The van der Waals surface area contributed by atoms with Crippen LogP contribution in [0.15, 0.2) is 24.4 Å². The number of unbranched alkanes of at least 4 members (excludes halogenated alkanes) is 1. The first-order valence-electron chi connectivity index (χ1n) is 7.09. The van der Waals surface area contributed by atoms with Gasteiger partial charge in [-0.2, -0.15) is 10.4 Å². The van der Waals surface area contributed by atoms with E-state index in [1.165, 1.54) is 6.07 Å². The molecule has 0 atom stereocenters. The van der Waals surface area contributed by atoms with Crippen LogP contribution < -0.4 is 5.32 Å². The molecular weight excluding hydrogens is 283 g/mol. The van der Waals surface area contributed by atoms with Gasteiger partial charge < -0.3 is 5.32 Å². The maximum Gasteiger partial charge on any atom is 0.256 e. The van der Waals surface area contributed by atoms with Gasteiger partial charge in [0.1, 0.15) is 11.6 Å². The van der Waals surface area contributed by atoms with Gasteiger partial charge in [-0.25, -0.2) is 9.07 Å². The van der Waals surface area contributed by atoms with Crippen LogP contribution in [-0.4, -0.2) is 15.7 Å². The van der Waals surface area contributed by atoms with E-state index in [4.69, 9.17) is 5.26 Å². The molecule has 0 aliphatic carbocycles. The molecule has 1 heterocycles. The first-order chi connectivity index (χ1) is 10.5. The van der Waals surface area contributed by atoms with Crippen molar-refractivity contribution in [1.82, 2.24) is 9.78 Å². The molecule has 0 spiro atoms. The van der Waals surface area contributed by atoms with Crippen molar-refractivity contribution in [2.45, 2.75) is 33.2 Å². The van der Waals surface area contributed by atoms with Crippen molar-refractivity contribution in [1.29, 1.82) is 5.26 Å². The Bertz CT molecular complexity index is 730. The molecule has 0 aliphatic heterocycles. The zero-order valence-electron chi connectivity index (χ0n) is 12.6. The van der Waals surface area contributed by atoms with E-state index in [9.17, 15) is 9.18 Å². The van der Waals surface area contributed by atoms with Crippen molar-refractivity contribution in [3.05, 3.63) is 46.9 Å². The van der Waals surface area contributed by atoms with Gasteiger partial charge in [-0.3, -0.25) is 4.79 Å². The number of hydrogen-bond acceptors (Lipinski definition) is 3. The number of carbonyl (C=O) groups excluding carboxylic acids is 1. The minimum Gasteiger partial charge on any atom is -0.307 e. The SMILES string of the molecule is CCCCn1ncc(C)c1NC(=O)c1cc(F)cc(C#N)c1. The zero-order chi connectivity index (χ0) is 16.1. The standard InChI is InChI=1S/C16H17FN4O/c1-3-4-5-21-15(11(2)10-19-21)20-16(22)13-6-12(9-18)7-14(17)8-13/h6-8,10H,3-5H2,1-2H3,(H,20,22). The van der Waals surface area contributed by atoms with Gasteiger partial charge in [-0.05, 0) is 31.5 Å². The monoisotopic (exact) mass is 300 g/mol. The third kappa shape index (κ3) is 3.50. The highest BCUT2D eigenvalue weighted by Crippen LogP contribution is 2.17. The first-order valence-corrected chi connectivity index (χ1v) is 7.09. The Balaban J connectivity index is 2.24. The second-order valence-electron chi connectivity index (χ2n) is 5.05. The van der Waals surface area contributed by atoms with Crippen molar-refractivity contribution in [3.8, 4) is 6.07 Å². The lowest BCUT2D eigenvalue weighted by atomic mass is 10.1. The molecule has 0 bridgehead atoms. The minimum atomic E-state index is -0.611. The fourth-order valence-electron chi connectivity index (χ4n) is 2.08. The van der Waals surface area contributed by atoms with Crippen LogP contribution in [0.2, 0.25) is 0 Å². The summed E-state index contributed by atoms with van der Waals surface area (Å²) in [6, 6.07) is 5.40. The number of hydrogen-bond donors (Lipinski definition) is 1. The van der Waals surface area contributed by atoms with Gasteiger partial charge in [-0.1, -0.05) is 13.3 Å². The Morgan fingerprint density at radius 3 is 2.91 bits per heavy atom. The van der Waals surface area contributed by atoms with Crippen LogP contribution in [-0.2, 0) is 6.54 Å². The van der Waals surface area contributed by atoms with Gasteiger partial charge in [0.05, 0.1) is 17.8 Å². The summed E-state index contributed by atoms with van der Waals surface area (Å²) in [4.78, 5) is 12.3. The van der Waals surface area contributed by atoms with Crippen molar-refractivity contribution in [2.24, 2.45) is 0 Å². The molecule has 5 nitrogen and oxygen atoms in total. The normalized spacial score (nSPS) is 10.3. The van der Waals surface area contributed by atoms with Crippen LogP contribution in [0.5, 0.6) is 0 Å². The number of amides is 1. The number of anilines is 1. The summed E-state index contributed by atoms with van der Waals surface area (Å²) < 4.78 is 15.2. The first kappa shape index (κ1) is 15.7. The van der Waals surface area contributed by atoms with E-state index < -0.39 is 11.7 Å². The molecule has 6 heteroatoms. The van der Waals surface area contributed by atoms with Crippen LogP contribution in [0.25, 0.3) is 0 Å². The summed E-state index contributed by atoms with van der Waals surface area (Å²) in [5.74, 6) is -0.473. The molecule has 0 aliphatic rings. The summed E-state index contributed by atoms with van der Waals surface area (Å²) in [6.45, 7) is 4.62. The largest absolute Gasteiger partial charge is 0.307 e. The highest BCUT2D eigenvalue weighted by atomic mass is 19.1. The Kier molecular flexibility index (Phi) is 4.89. The number of aromatic nitrogens is 2. The molecule has 22 heavy (non-hydrogen) atoms. The third-order valence-electron chi connectivity index (χ3n) is 3.27. The quantitative estimate of drug-likeness (QED) is 0.921. The summed E-state index contributed by atoms with van der Waals surface area (Å²) in [7, 11) is 0. The molecule has 0 fully saturated rings. The lowest BCUT2D eigenvalue weighted by molar-refractivity contribution is 0.102. The van der Waals surface area contributed by atoms with Crippen LogP contribution in [0.3, 0.4) is 0 Å². The molecule has 114 valence electrons. The molecule has 1 N–H and O–H groups in total. The lowest BCUT2D eigenvalue weighted by Crippen LogP contribution is -2.17. The van der Waals surface area contributed by atoms with Gasteiger partial charge in [0.2, 0.25) is 0 Å². The summed E-state index contributed by atoms with van der Waals surface area (Å²) in [5, 5.41) is 15.8. The summed E-state index contributed by atoms with van der Waals surface area (Å²) in [6.07, 6.45) is 3.64. The molecular formula is C16H17FN4O. The second-order valence-corrected chi connectivity index (χ2v) is 5.05. The van der Waals surface area contributed by atoms with E-state index in [1.54, 1.807) is 10.9 Å². The average Bonchev–Trinajstić information content (AvgIpc) is 2.85. The van der Waals surface area contributed by atoms with E-state index >= 15 is 0 Å². The maximum atomic E-state index is 13.4. The molecule has 1 aromatic carbocycles. The van der Waals surface area contributed by atoms with E-state index in [0.717, 1.165) is 30.5 Å².